The molecule has 0 aromatic heterocycles. The summed E-state index contributed by atoms with van der Waals surface area (Å²) >= 11 is 0. The smallest absolute Gasteiger partial charge is 0.326 e. The molecule has 0 aromatic rings. The number of carboxylic acid groups (broad SMARTS) is 1. The molecule has 0 aliphatic heterocycles. The van der Waals surface area contributed by atoms with E-state index in [-0.39, 0.29) is 31.9 Å². The van der Waals surface area contributed by atoms with E-state index in [1.165, 1.54) is 6.92 Å². The first-order valence-electron chi connectivity index (χ1n) is 8.02. The number of urea groups is 1. The third kappa shape index (κ3) is 11.5. The molecule has 4 amide bonds. The lowest BCUT2D eigenvalue weighted by Gasteiger charge is -2.21. The van der Waals surface area contributed by atoms with Crippen LogP contribution in [0.25, 0.3) is 0 Å². The van der Waals surface area contributed by atoms with Crippen molar-refractivity contribution >= 4 is 29.8 Å². The Morgan fingerprint density at radius 3 is 2.12 bits per heavy atom. The summed E-state index contributed by atoms with van der Waals surface area (Å²) in [4.78, 5) is 49.2. The minimum Gasteiger partial charge on any atom is -0.480 e. The molecule has 12 nitrogen and oxygen atoms in total. The van der Waals surface area contributed by atoms with Crippen molar-refractivity contribution in [2.75, 3.05) is 13.1 Å². The molecule has 12 heteroatoms. The Morgan fingerprint density at radius 1 is 1.00 bits per heavy atom. The van der Waals surface area contributed by atoms with Crippen LogP contribution < -0.4 is 33.2 Å². The van der Waals surface area contributed by atoms with Crippen molar-refractivity contribution in [3.63, 3.8) is 0 Å². The van der Waals surface area contributed by atoms with Gasteiger partial charge in [-0.1, -0.05) is 0 Å². The largest absolute Gasteiger partial charge is 0.480 e. The zero-order valence-electron chi connectivity index (χ0n) is 14.7. The Labute approximate surface area is 150 Å². The summed E-state index contributed by atoms with van der Waals surface area (Å²) in [6.07, 6.45) is 1.03. The van der Waals surface area contributed by atoms with Gasteiger partial charge in [-0.2, -0.15) is 0 Å². The Hall–Kier alpha value is -3.05. The SMILES string of the molecule is CC(=O)N[C@@H](CCCNC(N)=O)C(=O)N[C@@H](CCCN=C(N)N)C(=O)O. The molecular weight excluding hydrogens is 346 g/mol. The number of hydrogen-bond acceptors (Lipinski definition) is 5. The summed E-state index contributed by atoms with van der Waals surface area (Å²) < 4.78 is 0. The highest BCUT2D eigenvalue weighted by Gasteiger charge is 2.25. The van der Waals surface area contributed by atoms with Crippen LogP contribution in [-0.4, -0.2) is 60.1 Å². The highest BCUT2D eigenvalue weighted by atomic mass is 16.4. The zero-order chi connectivity index (χ0) is 20.1. The Balaban J connectivity index is 4.67. The van der Waals surface area contributed by atoms with Crippen LogP contribution >= 0.6 is 0 Å². The number of aliphatic carboxylic acids is 1. The van der Waals surface area contributed by atoms with E-state index in [2.05, 4.69) is 20.9 Å². The maximum Gasteiger partial charge on any atom is 0.326 e. The second-order valence-corrected chi connectivity index (χ2v) is 5.53. The van der Waals surface area contributed by atoms with Gasteiger partial charge in [0.1, 0.15) is 12.1 Å². The number of hydrogen-bond donors (Lipinski definition) is 7. The van der Waals surface area contributed by atoms with Crippen molar-refractivity contribution in [1.82, 2.24) is 16.0 Å². The van der Waals surface area contributed by atoms with E-state index in [9.17, 15) is 24.3 Å². The number of carbonyl (C=O) groups is 4. The zero-order valence-corrected chi connectivity index (χ0v) is 14.7. The van der Waals surface area contributed by atoms with Gasteiger partial charge in [0.2, 0.25) is 11.8 Å². The lowest BCUT2D eigenvalue weighted by atomic mass is 10.1. The Kier molecular flexibility index (Phi) is 10.9. The summed E-state index contributed by atoms with van der Waals surface area (Å²) in [5.74, 6) is -2.38. The van der Waals surface area contributed by atoms with Crippen molar-refractivity contribution in [2.24, 2.45) is 22.2 Å². The number of nitrogens with one attached hydrogen (secondary N) is 3. The van der Waals surface area contributed by atoms with Gasteiger partial charge in [0, 0.05) is 20.0 Å². The van der Waals surface area contributed by atoms with E-state index in [4.69, 9.17) is 17.2 Å². The number of amides is 4. The fraction of sp³-hybridized carbons (Fsp3) is 0.643. The Morgan fingerprint density at radius 2 is 1.62 bits per heavy atom. The van der Waals surface area contributed by atoms with Gasteiger partial charge in [-0.05, 0) is 25.7 Å². The molecule has 2 atom stereocenters. The molecule has 10 N–H and O–H groups in total. The van der Waals surface area contributed by atoms with Gasteiger partial charge in [0.05, 0.1) is 0 Å². The fourth-order valence-corrected chi connectivity index (χ4v) is 2.07. The topological polar surface area (TPSA) is 215 Å². The number of nitrogens with zero attached hydrogens (tertiary/aromatic N) is 1. The van der Waals surface area contributed by atoms with Gasteiger partial charge >= 0.3 is 12.0 Å². The van der Waals surface area contributed by atoms with Crippen LogP contribution in [0, 0.1) is 0 Å². The number of primary amides is 1. The molecule has 0 saturated carbocycles. The molecular formula is C14H27N7O5. The lowest BCUT2D eigenvalue weighted by Crippen LogP contribution is -2.51. The molecule has 148 valence electrons. The second-order valence-electron chi connectivity index (χ2n) is 5.53. The average Bonchev–Trinajstić information content (AvgIpc) is 2.51. The highest BCUT2D eigenvalue weighted by molar-refractivity contribution is 5.89. The van der Waals surface area contributed by atoms with Crippen molar-refractivity contribution in [3.8, 4) is 0 Å². The van der Waals surface area contributed by atoms with Crippen molar-refractivity contribution in [2.45, 2.75) is 44.7 Å². The Bertz CT molecular complexity index is 534. The predicted molar refractivity (Wildman–Crippen MR) is 93.9 cm³/mol. The first-order valence-corrected chi connectivity index (χ1v) is 8.02. The first-order chi connectivity index (χ1) is 12.1. The van der Waals surface area contributed by atoms with Gasteiger partial charge < -0.3 is 38.3 Å². The first kappa shape index (κ1) is 22.9. The monoisotopic (exact) mass is 373 g/mol. The summed E-state index contributed by atoms with van der Waals surface area (Å²) in [6, 6.07) is -2.77. The quantitative estimate of drug-likeness (QED) is 0.111. The standard InChI is InChI=1S/C14H27N7O5/c1-8(22)20-9(4-2-7-19-14(17)26)11(23)21-10(12(24)25)5-3-6-18-13(15)16/h9-10H,2-7H2,1H3,(H,20,22)(H,21,23)(H,24,25)(H4,15,16,18)(H3,17,19,26)/t9-,10-/m0/s1. The normalized spacial score (nSPS) is 12.3. The van der Waals surface area contributed by atoms with Crippen LogP contribution in [-0.2, 0) is 14.4 Å². The number of guanidine groups is 1. The fourth-order valence-electron chi connectivity index (χ4n) is 2.07. The molecule has 0 bridgehead atoms. The molecule has 0 aliphatic rings. The number of aliphatic imine (C=N–C) groups is 1. The van der Waals surface area contributed by atoms with Gasteiger partial charge in [-0.15, -0.1) is 0 Å². The molecule has 0 radical (unpaired) electrons. The van der Waals surface area contributed by atoms with Gasteiger partial charge in [-0.25, -0.2) is 9.59 Å². The second kappa shape index (κ2) is 12.3. The van der Waals surface area contributed by atoms with E-state index in [1.54, 1.807) is 0 Å². The van der Waals surface area contributed by atoms with E-state index in [1.807, 2.05) is 0 Å². The van der Waals surface area contributed by atoms with Crippen LogP contribution in [0.1, 0.15) is 32.6 Å². The van der Waals surface area contributed by atoms with Gasteiger partial charge in [-0.3, -0.25) is 14.6 Å². The molecule has 0 rings (SSSR count). The maximum atomic E-state index is 12.3. The van der Waals surface area contributed by atoms with E-state index >= 15 is 0 Å². The molecule has 0 fully saturated rings. The van der Waals surface area contributed by atoms with Crippen LogP contribution in [0.2, 0.25) is 0 Å². The molecule has 26 heavy (non-hydrogen) atoms. The summed E-state index contributed by atoms with van der Waals surface area (Å²) in [5, 5.41) is 16.4. The third-order valence-corrected chi connectivity index (χ3v) is 3.22. The summed E-state index contributed by atoms with van der Waals surface area (Å²) in [6.45, 7) is 1.70. The van der Waals surface area contributed by atoms with Crippen molar-refractivity contribution in [3.05, 3.63) is 0 Å². The molecule has 0 unspecified atom stereocenters. The molecule has 0 heterocycles. The van der Waals surface area contributed by atoms with E-state index < -0.39 is 35.9 Å². The predicted octanol–water partition coefficient (Wildman–Crippen LogP) is -2.44. The van der Waals surface area contributed by atoms with E-state index in [0.717, 1.165) is 0 Å². The van der Waals surface area contributed by atoms with Crippen LogP contribution in [0.3, 0.4) is 0 Å². The highest BCUT2D eigenvalue weighted by Crippen LogP contribution is 2.03. The number of carboxylic acids is 1. The van der Waals surface area contributed by atoms with Crippen molar-refractivity contribution < 1.29 is 24.3 Å². The van der Waals surface area contributed by atoms with Gasteiger partial charge in [0.25, 0.3) is 0 Å². The number of nitrogens with two attached hydrogens (primary N) is 3. The average molecular weight is 373 g/mol. The van der Waals surface area contributed by atoms with Gasteiger partial charge in [0.15, 0.2) is 5.96 Å². The summed E-state index contributed by atoms with van der Waals surface area (Å²) in [5.41, 5.74) is 15.3. The van der Waals surface area contributed by atoms with Crippen LogP contribution in [0.5, 0.6) is 0 Å². The van der Waals surface area contributed by atoms with Crippen LogP contribution in [0.15, 0.2) is 4.99 Å². The molecule has 0 aromatic carbocycles. The van der Waals surface area contributed by atoms with E-state index in [0.29, 0.717) is 12.8 Å². The molecule has 0 saturated heterocycles. The van der Waals surface area contributed by atoms with Crippen molar-refractivity contribution in [1.29, 1.82) is 0 Å². The third-order valence-electron chi connectivity index (χ3n) is 3.22. The van der Waals surface area contributed by atoms with Crippen LogP contribution in [0.4, 0.5) is 4.79 Å². The molecule has 0 aliphatic carbocycles. The number of rotatable bonds is 12. The number of carbonyl (C=O) groups excluding carboxylic acids is 3. The maximum absolute atomic E-state index is 12.3. The summed E-state index contributed by atoms with van der Waals surface area (Å²) in [7, 11) is 0. The lowest BCUT2D eigenvalue weighted by molar-refractivity contribution is -0.142. The molecule has 0 spiro atoms. The minimum atomic E-state index is -1.21. The minimum absolute atomic E-state index is 0.101.